The number of fused-ring (bicyclic) bond motifs is 1. The van der Waals surface area contributed by atoms with Crippen molar-refractivity contribution in [1.29, 1.82) is 0 Å². The molecule has 0 bridgehead atoms. The molecule has 0 aliphatic carbocycles. The number of halogens is 3. The van der Waals surface area contributed by atoms with Crippen molar-refractivity contribution in [1.82, 2.24) is 19.2 Å². The lowest BCUT2D eigenvalue weighted by Crippen LogP contribution is -2.42. The standard InChI is InChI=1S/C27H25F3N4O7S2/c1-16-13-17(11-12-19(16)23-15-24(35)33-42(23,37)38)14-22(25-31-20-9-5-6-10-21(20)32-25)34(41-26(36)27(28,29)30)43(39,40)18-7-3-2-4-8-18/h2-13,22-23,37-38H,14-15H2,1H3,(H,31,32)(H,33,35)/t22-,23+/m0/s1. The first-order valence-electron chi connectivity index (χ1n) is 12.7. The van der Waals surface area contributed by atoms with Crippen molar-refractivity contribution < 1.29 is 45.1 Å². The molecule has 228 valence electrons. The highest BCUT2D eigenvalue weighted by atomic mass is 32.3. The average molecular weight is 639 g/mol. The molecule has 3 aromatic carbocycles. The van der Waals surface area contributed by atoms with Crippen LogP contribution >= 0.6 is 10.8 Å². The largest absolute Gasteiger partial charge is 0.492 e. The Bertz CT molecular complexity index is 1760. The van der Waals surface area contributed by atoms with Crippen LogP contribution in [-0.2, 0) is 30.9 Å². The van der Waals surface area contributed by atoms with E-state index in [1.54, 1.807) is 37.3 Å². The van der Waals surface area contributed by atoms with Gasteiger partial charge in [-0.2, -0.15) is 13.2 Å². The van der Waals surface area contributed by atoms with Crippen LogP contribution in [0.15, 0.2) is 77.7 Å². The van der Waals surface area contributed by atoms with Crippen LogP contribution in [0, 0.1) is 6.92 Å². The molecule has 1 aromatic heterocycles. The van der Waals surface area contributed by atoms with E-state index >= 15 is 0 Å². The molecule has 0 radical (unpaired) electrons. The number of amides is 1. The Morgan fingerprint density at radius 1 is 1.12 bits per heavy atom. The molecule has 2 heterocycles. The fourth-order valence-corrected chi connectivity index (χ4v) is 7.76. The molecule has 16 heteroatoms. The van der Waals surface area contributed by atoms with Gasteiger partial charge < -0.3 is 9.82 Å². The number of nitrogens with one attached hydrogen (secondary N) is 2. The number of aromatic nitrogens is 2. The first-order valence-corrected chi connectivity index (χ1v) is 15.7. The summed E-state index contributed by atoms with van der Waals surface area (Å²) in [7, 11) is -8.36. The molecule has 43 heavy (non-hydrogen) atoms. The van der Waals surface area contributed by atoms with Gasteiger partial charge in [0.1, 0.15) is 17.1 Å². The number of aromatic amines is 1. The van der Waals surface area contributed by atoms with Gasteiger partial charge in [-0.05, 0) is 58.8 Å². The molecule has 4 aromatic rings. The van der Waals surface area contributed by atoms with Gasteiger partial charge >= 0.3 is 12.1 Å². The molecule has 0 spiro atoms. The summed E-state index contributed by atoms with van der Waals surface area (Å²) in [5, 5.41) is -0.928. The molecule has 0 unspecified atom stereocenters. The molecule has 1 amide bonds. The van der Waals surface area contributed by atoms with Crippen LogP contribution in [0.25, 0.3) is 11.0 Å². The smallest absolute Gasteiger partial charge is 0.344 e. The number of hydrogen-bond donors (Lipinski definition) is 4. The molecule has 4 N–H and O–H groups in total. The Morgan fingerprint density at radius 2 is 1.79 bits per heavy atom. The van der Waals surface area contributed by atoms with Gasteiger partial charge in [0, 0.05) is 0 Å². The first kappa shape index (κ1) is 30.5. The van der Waals surface area contributed by atoms with E-state index < -0.39 is 55.0 Å². The summed E-state index contributed by atoms with van der Waals surface area (Å²) in [5.41, 5.74) is 2.18. The Hall–Kier alpha value is -3.96. The summed E-state index contributed by atoms with van der Waals surface area (Å²) >= 11 is 0. The van der Waals surface area contributed by atoms with E-state index in [0.717, 1.165) is 12.1 Å². The molecule has 1 fully saturated rings. The van der Waals surface area contributed by atoms with Crippen LogP contribution in [-0.4, -0.2) is 50.0 Å². The quantitative estimate of drug-likeness (QED) is 0.194. The fraction of sp³-hybridized carbons (Fsp3) is 0.222. The number of carbonyl (C=O) groups excluding carboxylic acids is 2. The van der Waals surface area contributed by atoms with Gasteiger partial charge in [0.2, 0.25) is 5.91 Å². The van der Waals surface area contributed by atoms with Crippen LogP contribution in [0.3, 0.4) is 0 Å². The second kappa shape index (κ2) is 11.3. The lowest BCUT2D eigenvalue weighted by Gasteiger charge is -2.33. The van der Waals surface area contributed by atoms with E-state index in [1.165, 1.54) is 30.3 Å². The summed E-state index contributed by atoms with van der Waals surface area (Å²) in [5.74, 6) is -3.38. The van der Waals surface area contributed by atoms with Crippen molar-refractivity contribution in [2.24, 2.45) is 0 Å². The van der Waals surface area contributed by atoms with Crippen molar-refractivity contribution in [2.45, 2.75) is 42.1 Å². The number of alkyl halides is 3. The lowest BCUT2D eigenvalue weighted by atomic mass is 9.97. The van der Waals surface area contributed by atoms with E-state index in [-0.39, 0.29) is 23.1 Å². The van der Waals surface area contributed by atoms with Crippen LogP contribution in [0.2, 0.25) is 0 Å². The SMILES string of the molecule is Cc1cc(C[C@@H](c2nc3ccccc3[nH]2)N(OC(=O)C(F)(F)F)S(=O)(=O)c2ccccc2)ccc1[C@H]1CC(=O)NS1(O)O. The third kappa shape index (κ3) is 6.23. The Balaban J connectivity index is 1.62. The maximum absolute atomic E-state index is 13.8. The second-order valence-electron chi connectivity index (χ2n) is 9.81. The molecule has 1 aliphatic rings. The van der Waals surface area contributed by atoms with Gasteiger partial charge in [0.05, 0.1) is 22.3 Å². The third-order valence-electron chi connectivity index (χ3n) is 6.80. The van der Waals surface area contributed by atoms with Gasteiger partial charge in [-0.25, -0.2) is 18.2 Å². The number of nitrogens with zero attached hydrogens (tertiary/aromatic N) is 2. The fourth-order valence-electron chi connectivity index (χ4n) is 4.81. The predicted octanol–water partition coefficient (Wildman–Crippen LogP) is 5.09. The zero-order valence-electron chi connectivity index (χ0n) is 22.3. The molecule has 0 saturated carbocycles. The first-order chi connectivity index (χ1) is 20.2. The highest BCUT2D eigenvalue weighted by Crippen LogP contribution is 2.56. The van der Waals surface area contributed by atoms with Crippen LogP contribution in [0.4, 0.5) is 13.2 Å². The van der Waals surface area contributed by atoms with E-state index in [1.807, 2.05) is 0 Å². The Labute approximate surface area is 245 Å². The monoisotopic (exact) mass is 638 g/mol. The molecular formula is C27H25F3N4O7S2. The number of benzene rings is 3. The molecule has 1 saturated heterocycles. The topological polar surface area (TPSA) is 162 Å². The molecule has 2 atom stereocenters. The Morgan fingerprint density at radius 3 is 2.40 bits per heavy atom. The van der Waals surface area contributed by atoms with Gasteiger partial charge in [-0.1, -0.05) is 48.5 Å². The van der Waals surface area contributed by atoms with Gasteiger partial charge in [0.15, 0.2) is 0 Å². The van der Waals surface area contributed by atoms with Gasteiger partial charge in [-0.3, -0.25) is 18.6 Å². The number of imidazole rings is 1. The second-order valence-corrected chi connectivity index (χ2v) is 13.6. The van der Waals surface area contributed by atoms with Crippen molar-refractivity contribution in [2.75, 3.05) is 0 Å². The van der Waals surface area contributed by atoms with Crippen LogP contribution in [0.5, 0.6) is 0 Å². The minimum absolute atomic E-state index is 0.00922. The summed E-state index contributed by atoms with van der Waals surface area (Å²) in [6.07, 6.45) is -6.01. The van der Waals surface area contributed by atoms with Crippen LogP contribution < -0.4 is 4.72 Å². The van der Waals surface area contributed by atoms with Gasteiger partial charge in [0.25, 0.3) is 10.0 Å². The minimum atomic E-state index is -5.52. The Kier molecular flexibility index (Phi) is 8.00. The summed E-state index contributed by atoms with van der Waals surface area (Å²) in [6, 6.07) is 16.1. The number of rotatable bonds is 8. The summed E-state index contributed by atoms with van der Waals surface area (Å²) in [6.45, 7) is 1.63. The van der Waals surface area contributed by atoms with Crippen molar-refractivity contribution in [3.63, 3.8) is 0 Å². The average Bonchev–Trinajstić information content (AvgIpc) is 3.49. The minimum Gasteiger partial charge on any atom is -0.344 e. The third-order valence-corrected chi connectivity index (χ3v) is 10.2. The molecule has 1 aliphatic heterocycles. The van der Waals surface area contributed by atoms with E-state index in [0.29, 0.717) is 27.7 Å². The predicted molar refractivity (Wildman–Crippen MR) is 150 cm³/mol. The highest BCUT2D eigenvalue weighted by Gasteiger charge is 2.47. The zero-order chi connectivity index (χ0) is 31.2. The molecule has 5 rings (SSSR count). The number of aryl methyl sites for hydroxylation is 1. The maximum atomic E-state index is 13.8. The number of carbonyl (C=O) groups is 2. The van der Waals surface area contributed by atoms with Crippen molar-refractivity contribution in [3.05, 3.63) is 95.3 Å². The van der Waals surface area contributed by atoms with E-state index in [2.05, 4.69) is 19.5 Å². The molecular weight excluding hydrogens is 613 g/mol. The maximum Gasteiger partial charge on any atom is 0.492 e. The summed E-state index contributed by atoms with van der Waals surface area (Å²) < 4.78 is 90.6. The number of hydroxylamine groups is 1. The number of hydrogen-bond acceptors (Lipinski definition) is 8. The normalized spacial score (nSPS) is 18.4. The highest BCUT2D eigenvalue weighted by molar-refractivity contribution is 8.23. The molecule has 11 nitrogen and oxygen atoms in total. The number of sulfonamides is 1. The van der Waals surface area contributed by atoms with Gasteiger partial charge in [-0.15, -0.1) is 10.8 Å². The van der Waals surface area contributed by atoms with Crippen LogP contribution in [0.1, 0.15) is 40.2 Å². The van der Waals surface area contributed by atoms with Crippen molar-refractivity contribution in [3.8, 4) is 0 Å². The van der Waals surface area contributed by atoms with E-state index in [4.69, 9.17) is 0 Å². The lowest BCUT2D eigenvalue weighted by molar-refractivity contribution is -0.227. The zero-order valence-corrected chi connectivity index (χ0v) is 23.9. The summed E-state index contributed by atoms with van der Waals surface area (Å²) in [4.78, 5) is 35.4. The van der Waals surface area contributed by atoms with E-state index in [9.17, 15) is 40.3 Å². The van der Waals surface area contributed by atoms with Crippen molar-refractivity contribution >= 4 is 43.7 Å². The number of H-pyrrole nitrogens is 1. The number of para-hydroxylation sites is 2.